The number of hydrogen-bond donors (Lipinski definition) is 2. The molecule has 0 saturated heterocycles. The summed E-state index contributed by atoms with van der Waals surface area (Å²) < 4.78 is 16.0. The fourth-order valence-corrected chi connectivity index (χ4v) is 1.96. The van der Waals surface area contributed by atoms with Crippen molar-refractivity contribution in [2.75, 3.05) is 47.1 Å². The molecular formula is C15H23N3O4. The molecule has 7 heteroatoms. The van der Waals surface area contributed by atoms with E-state index in [1.54, 1.807) is 6.07 Å². The number of amides is 2. The molecule has 0 aliphatic carbocycles. The van der Waals surface area contributed by atoms with Crippen molar-refractivity contribution in [3.8, 4) is 17.2 Å². The van der Waals surface area contributed by atoms with Gasteiger partial charge in [-0.15, -0.1) is 0 Å². The van der Waals surface area contributed by atoms with E-state index in [-0.39, 0.29) is 12.8 Å². The first-order valence-electron chi connectivity index (χ1n) is 7.34. The van der Waals surface area contributed by atoms with E-state index in [0.29, 0.717) is 31.2 Å². The number of fused-ring (bicyclic) bond motifs is 1. The van der Waals surface area contributed by atoms with Gasteiger partial charge < -0.3 is 29.7 Å². The van der Waals surface area contributed by atoms with Gasteiger partial charge in [-0.05, 0) is 39.2 Å². The number of benzene rings is 1. The number of carbonyl (C=O) groups is 1. The molecule has 0 aromatic heterocycles. The summed E-state index contributed by atoms with van der Waals surface area (Å²) in [6, 6.07) is 5.23. The standard InChI is InChI=1S/C15H23N3O4/c1-18(2)8-3-6-16-15(19)17-7-9-20-12-4-5-13-14(10-12)22-11-21-13/h4-5,10H,3,6-9,11H2,1-2H3,(H2,16,17,19). The van der Waals surface area contributed by atoms with Crippen molar-refractivity contribution in [2.45, 2.75) is 6.42 Å². The van der Waals surface area contributed by atoms with Gasteiger partial charge in [-0.3, -0.25) is 0 Å². The Labute approximate surface area is 130 Å². The van der Waals surface area contributed by atoms with E-state index in [9.17, 15) is 4.79 Å². The van der Waals surface area contributed by atoms with Gasteiger partial charge in [-0.1, -0.05) is 0 Å². The molecule has 122 valence electrons. The van der Waals surface area contributed by atoms with Crippen LogP contribution in [0.3, 0.4) is 0 Å². The van der Waals surface area contributed by atoms with Gasteiger partial charge in [0.05, 0.1) is 6.54 Å². The lowest BCUT2D eigenvalue weighted by Crippen LogP contribution is -2.38. The van der Waals surface area contributed by atoms with Crippen molar-refractivity contribution in [1.29, 1.82) is 0 Å². The molecule has 2 amide bonds. The maximum absolute atomic E-state index is 11.5. The van der Waals surface area contributed by atoms with Crippen molar-refractivity contribution in [2.24, 2.45) is 0 Å². The Morgan fingerprint density at radius 1 is 1.23 bits per heavy atom. The minimum Gasteiger partial charge on any atom is -0.492 e. The first kappa shape index (κ1) is 16.2. The number of nitrogens with zero attached hydrogens (tertiary/aromatic N) is 1. The minimum absolute atomic E-state index is 0.173. The Morgan fingerprint density at radius 2 is 2.00 bits per heavy atom. The average Bonchev–Trinajstić information content (AvgIpc) is 2.95. The second-order valence-corrected chi connectivity index (χ2v) is 5.20. The molecule has 0 unspecified atom stereocenters. The Balaban J connectivity index is 1.56. The fourth-order valence-electron chi connectivity index (χ4n) is 1.96. The summed E-state index contributed by atoms with van der Waals surface area (Å²) in [5.41, 5.74) is 0. The lowest BCUT2D eigenvalue weighted by atomic mass is 10.3. The molecule has 2 rings (SSSR count). The maximum atomic E-state index is 11.5. The predicted molar refractivity (Wildman–Crippen MR) is 82.6 cm³/mol. The molecule has 0 atom stereocenters. The molecule has 1 heterocycles. The smallest absolute Gasteiger partial charge is 0.314 e. The summed E-state index contributed by atoms with van der Waals surface area (Å²) in [6.07, 6.45) is 0.925. The average molecular weight is 309 g/mol. The zero-order valence-electron chi connectivity index (χ0n) is 13.1. The van der Waals surface area contributed by atoms with Gasteiger partial charge in [0.2, 0.25) is 6.79 Å². The van der Waals surface area contributed by atoms with Crippen LogP contribution in [0.2, 0.25) is 0 Å². The Bertz CT molecular complexity index is 494. The highest BCUT2D eigenvalue weighted by Gasteiger charge is 2.13. The Kier molecular flexibility index (Phi) is 6.14. The molecule has 1 aliphatic heterocycles. The first-order valence-corrected chi connectivity index (χ1v) is 7.34. The molecule has 2 N–H and O–H groups in total. The summed E-state index contributed by atoms with van der Waals surface area (Å²) in [4.78, 5) is 13.6. The van der Waals surface area contributed by atoms with E-state index in [2.05, 4.69) is 15.5 Å². The highest BCUT2D eigenvalue weighted by molar-refractivity contribution is 5.73. The van der Waals surface area contributed by atoms with Crippen molar-refractivity contribution >= 4 is 6.03 Å². The van der Waals surface area contributed by atoms with E-state index in [4.69, 9.17) is 14.2 Å². The zero-order valence-corrected chi connectivity index (χ0v) is 13.1. The number of ether oxygens (including phenoxy) is 3. The predicted octanol–water partition coefficient (Wildman–Crippen LogP) is 1.04. The van der Waals surface area contributed by atoms with Crippen molar-refractivity contribution in [3.63, 3.8) is 0 Å². The molecule has 0 saturated carbocycles. The quantitative estimate of drug-likeness (QED) is 0.702. The number of carbonyl (C=O) groups excluding carboxylic acids is 1. The highest BCUT2D eigenvalue weighted by Crippen LogP contribution is 2.34. The van der Waals surface area contributed by atoms with Crippen LogP contribution < -0.4 is 24.8 Å². The van der Waals surface area contributed by atoms with Gasteiger partial charge in [0.25, 0.3) is 0 Å². The van der Waals surface area contributed by atoms with Gasteiger partial charge in [-0.25, -0.2) is 4.79 Å². The minimum atomic E-state index is -0.173. The molecule has 22 heavy (non-hydrogen) atoms. The number of urea groups is 1. The van der Waals surface area contributed by atoms with Crippen LogP contribution in [0.4, 0.5) is 4.79 Å². The number of rotatable bonds is 8. The zero-order chi connectivity index (χ0) is 15.8. The van der Waals surface area contributed by atoms with Gasteiger partial charge >= 0.3 is 6.03 Å². The third-order valence-corrected chi connectivity index (χ3v) is 3.07. The summed E-state index contributed by atoms with van der Waals surface area (Å²) in [7, 11) is 4.01. The van der Waals surface area contributed by atoms with Crippen molar-refractivity contribution in [1.82, 2.24) is 15.5 Å². The van der Waals surface area contributed by atoms with Crippen LogP contribution in [-0.4, -0.2) is 58.1 Å². The van der Waals surface area contributed by atoms with E-state index < -0.39 is 0 Å². The largest absolute Gasteiger partial charge is 0.492 e. The van der Waals surface area contributed by atoms with Crippen LogP contribution >= 0.6 is 0 Å². The Hall–Kier alpha value is -2.15. The Morgan fingerprint density at radius 3 is 2.82 bits per heavy atom. The van der Waals surface area contributed by atoms with E-state index in [1.165, 1.54) is 0 Å². The molecular weight excluding hydrogens is 286 g/mol. The van der Waals surface area contributed by atoms with Crippen LogP contribution in [0.25, 0.3) is 0 Å². The van der Waals surface area contributed by atoms with E-state index in [1.807, 2.05) is 26.2 Å². The lowest BCUT2D eigenvalue weighted by Gasteiger charge is -2.11. The monoisotopic (exact) mass is 309 g/mol. The molecule has 1 aliphatic rings. The second kappa shape index (κ2) is 8.33. The summed E-state index contributed by atoms with van der Waals surface area (Å²) in [5, 5.41) is 5.55. The second-order valence-electron chi connectivity index (χ2n) is 5.20. The van der Waals surface area contributed by atoms with Crippen LogP contribution in [-0.2, 0) is 0 Å². The SMILES string of the molecule is CN(C)CCCNC(=O)NCCOc1ccc2c(c1)OCO2. The molecule has 1 aromatic carbocycles. The van der Waals surface area contributed by atoms with Crippen molar-refractivity contribution < 1.29 is 19.0 Å². The number of nitrogens with one attached hydrogen (secondary N) is 2. The topological polar surface area (TPSA) is 72.1 Å². The summed E-state index contributed by atoms with van der Waals surface area (Å²) in [5.74, 6) is 2.10. The number of hydrogen-bond acceptors (Lipinski definition) is 5. The molecule has 7 nitrogen and oxygen atoms in total. The molecule has 0 bridgehead atoms. The van der Waals surface area contributed by atoms with Gasteiger partial charge in [0.1, 0.15) is 12.4 Å². The summed E-state index contributed by atoms with van der Waals surface area (Å²) in [6.45, 7) is 2.69. The highest BCUT2D eigenvalue weighted by atomic mass is 16.7. The lowest BCUT2D eigenvalue weighted by molar-refractivity contribution is 0.173. The van der Waals surface area contributed by atoms with Crippen molar-refractivity contribution in [3.05, 3.63) is 18.2 Å². The molecule has 0 spiro atoms. The third kappa shape index (κ3) is 5.33. The van der Waals surface area contributed by atoms with Crippen LogP contribution in [0.5, 0.6) is 17.2 Å². The van der Waals surface area contributed by atoms with E-state index in [0.717, 1.165) is 18.7 Å². The van der Waals surface area contributed by atoms with Crippen LogP contribution in [0.15, 0.2) is 18.2 Å². The van der Waals surface area contributed by atoms with Crippen LogP contribution in [0.1, 0.15) is 6.42 Å². The van der Waals surface area contributed by atoms with Gasteiger partial charge in [0, 0.05) is 12.6 Å². The molecule has 0 radical (unpaired) electrons. The fraction of sp³-hybridized carbons (Fsp3) is 0.533. The maximum Gasteiger partial charge on any atom is 0.314 e. The molecule has 0 fully saturated rings. The van der Waals surface area contributed by atoms with Gasteiger partial charge in [-0.2, -0.15) is 0 Å². The summed E-state index contributed by atoms with van der Waals surface area (Å²) >= 11 is 0. The van der Waals surface area contributed by atoms with E-state index >= 15 is 0 Å². The van der Waals surface area contributed by atoms with Gasteiger partial charge in [0.15, 0.2) is 11.5 Å². The normalized spacial score (nSPS) is 12.3. The first-order chi connectivity index (χ1) is 10.6. The van der Waals surface area contributed by atoms with Crippen LogP contribution in [0, 0.1) is 0 Å². The third-order valence-electron chi connectivity index (χ3n) is 3.07. The molecule has 1 aromatic rings.